The summed E-state index contributed by atoms with van der Waals surface area (Å²) >= 11 is 0. The lowest BCUT2D eigenvalue weighted by Crippen LogP contribution is -2.08. The summed E-state index contributed by atoms with van der Waals surface area (Å²) in [6.45, 7) is 6.35. The van der Waals surface area contributed by atoms with Gasteiger partial charge < -0.3 is 5.32 Å². The minimum Gasteiger partial charge on any atom is -0.390 e. The zero-order chi connectivity index (χ0) is 9.23. The highest BCUT2D eigenvalue weighted by Gasteiger charge is 1.88. The maximum absolute atomic E-state index is 4.14. The van der Waals surface area contributed by atoms with Gasteiger partial charge >= 0.3 is 0 Å². The number of allylic oxidation sites excluding steroid dienone is 2. The van der Waals surface area contributed by atoms with Gasteiger partial charge in [-0.3, -0.25) is 4.99 Å². The largest absolute Gasteiger partial charge is 0.390 e. The first-order chi connectivity index (χ1) is 5.85. The number of nitrogens with zero attached hydrogens (tertiary/aromatic N) is 1. The third-order valence-corrected chi connectivity index (χ3v) is 1.53. The van der Waals surface area contributed by atoms with Gasteiger partial charge in [-0.15, -0.1) is 6.58 Å². The van der Waals surface area contributed by atoms with Gasteiger partial charge in [-0.1, -0.05) is 12.2 Å². The molecule has 0 bridgehead atoms. The lowest BCUT2D eigenvalue weighted by atomic mass is 10.2. The first-order valence-corrected chi connectivity index (χ1v) is 4.27. The third kappa shape index (κ3) is 5.71. The van der Waals surface area contributed by atoms with E-state index in [4.69, 9.17) is 0 Å². The fourth-order valence-electron chi connectivity index (χ4n) is 0.811. The monoisotopic (exact) mass is 166 g/mol. The molecule has 0 aromatic heterocycles. The Balaban J connectivity index is 3.77. The predicted octanol–water partition coefficient (Wildman–Crippen LogP) is 2.15. The van der Waals surface area contributed by atoms with Crippen LogP contribution in [0.4, 0.5) is 0 Å². The van der Waals surface area contributed by atoms with Gasteiger partial charge in [0.15, 0.2) is 0 Å². The third-order valence-electron chi connectivity index (χ3n) is 1.53. The van der Waals surface area contributed by atoms with Crippen molar-refractivity contribution in [2.24, 2.45) is 4.99 Å². The Bertz CT molecular complexity index is 169. The van der Waals surface area contributed by atoms with Gasteiger partial charge in [-0.25, -0.2) is 0 Å². The van der Waals surface area contributed by atoms with Crippen LogP contribution >= 0.6 is 0 Å². The zero-order valence-corrected chi connectivity index (χ0v) is 8.01. The van der Waals surface area contributed by atoms with Crippen LogP contribution in [0.3, 0.4) is 0 Å². The fourth-order valence-corrected chi connectivity index (χ4v) is 0.811. The van der Waals surface area contributed by atoms with Gasteiger partial charge in [0.2, 0.25) is 0 Å². The second-order valence-corrected chi connectivity index (χ2v) is 2.44. The van der Waals surface area contributed by atoms with Crippen molar-refractivity contribution in [2.75, 3.05) is 13.6 Å². The molecular weight excluding hydrogens is 148 g/mol. The van der Waals surface area contributed by atoms with Gasteiger partial charge in [0.25, 0.3) is 0 Å². The smallest absolute Gasteiger partial charge is 0.0778 e. The van der Waals surface area contributed by atoms with E-state index in [-0.39, 0.29) is 0 Å². The minimum atomic E-state index is 0.754. The summed E-state index contributed by atoms with van der Waals surface area (Å²) in [4.78, 5) is 4.14. The van der Waals surface area contributed by atoms with Crippen molar-refractivity contribution in [3.63, 3.8) is 0 Å². The SMILES string of the molecule is C=CCC/C=C(\CN=CC)NC. The van der Waals surface area contributed by atoms with Gasteiger partial charge in [-0.05, 0) is 26.0 Å². The van der Waals surface area contributed by atoms with Gasteiger partial charge in [0.05, 0.1) is 6.54 Å². The second-order valence-electron chi connectivity index (χ2n) is 2.44. The lowest BCUT2D eigenvalue weighted by molar-refractivity contribution is 0.898. The average molecular weight is 166 g/mol. The van der Waals surface area contributed by atoms with Crippen LogP contribution in [0, 0.1) is 0 Å². The van der Waals surface area contributed by atoms with Gasteiger partial charge in [0.1, 0.15) is 0 Å². The van der Waals surface area contributed by atoms with Crippen LogP contribution in [0.1, 0.15) is 19.8 Å². The van der Waals surface area contributed by atoms with Gasteiger partial charge in [0, 0.05) is 12.7 Å². The highest BCUT2D eigenvalue weighted by molar-refractivity contribution is 5.53. The number of aliphatic imine (C=N–C) groups is 1. The standard InChI is InChI=1S/C10H18N2/c1-4-6-7-8-10(11-3)9-12-5-2/h4-5,8,11H,1,6-7,9H2,2-3H3/b10-8+,12-5?. The predicted molar refractivity (Wildman–Crippen MR) is 55.6 cm³/mol. The van der Waals surface area contributed by atoms with E-state index >= 15 is 0 Å². The Labute approximate surface area is 75.1 Å². The summed E-state index contributed by atoms with van der Waals surface area (Å²) in [5.41, 5.74) is 1.18. The maximum Gasteiger partial charge on any atom is 0.0778 e. The van der Waals surface area contributed by atoms with Crippen LogP contribution in [-0.4, -0.2) is 19.8 Å². The molecule has 0 atom stereocenters. The molecule has 0 saturated heterocycles. The van der Waals surface area contributed by atoms with Crippen LogP contribution in [0.2, 0.25) is 0 Å². The molecule has 0 amide bonds. The van der Waals surface area contributed by atoms with Crippen molar-refractivity contribution in [3.05, 3.63) is 24.4 Å². The molecular formula is C10H18N2. The van der Waals surface area contributed by atoms with E-state index in [1.54, 1.807) is 0 Å². The van der Waals surface area contributed by atoms with Crippen molar-refractivity contribution in [1.82, 2.24) is 5.32 Å². The summed E-state index contributed by atoms with van der Waals surface area (Å²) in [6.07, 6.45) is 7.97. The summed E-state index contributed by atoms with van der Waals surface area (Å²) in [5.74, 6) is 0. The van der Waals surface area contributed by atoms with Crippen molar-refractivity contribution >= 4 is 6.21 Å². The normalized spacial score (nSPS) is 12.0. The first-order valence-electron chi connectivity index (χ1n) is 4.27. The molecule has 2 nitrogen and oxygen atoms in total. The topological polar surface area (TPSA) is 24.4 Å². The number of hydrogen-bond acceptors (Lipinski definition) is 2. The Kier molecular flexibility index (Phi) is 7.35. The molecule has 2 heteroatoms. The number of hydrogen-bond donors (Lipinski definition) is 1. The van der Waals surface area contributed by atoms with Crippen molar-refractivity contribution in [1.29, 1.82) is 0 Å². The lowest BCUT2D eigenvalue weighted by Gasteiger charge is -2.01. The molecule has 0 aliphatic carbocycles. The van der Waals surface area contributed by atoms with Crippen molar-refractivity contribution < 1.29 is 0 Å². The molecule has 12 heavy (non-hydrogen) atoms. The van der Waals surface area contributed by atoms with E-state index in [9.17, 15) is 0 Å². The molecule has 0 unspecified atom stereocenters. The molecule has 0 aliphatic heterocycles. The van der Waals surface area contributed by atoms with E-state index in [1.807, 2.05) is 26.3 Å². The Hall–Kier alpha value is -1.05. The molecule has 0 aliphatic rings. The first kappa shape index (κ1) is 11.0. The molecule has 0 aromatic rings. The van der Waals surface area contributed by atoms with Gasteiger partial charge in [-0.2, -0.15) is 0 Å². The number of likely N-dealkylation sites (N-methyl/N-ethyl adjacent to an activating group) is 1. The molecule has 0 spiro atoms. The quantitative estimate of drug-likeness (QED) is 0.365. The molecule has 0 fully saturated rings. The van der Waals surface area contributed by atoms with E-state index < -0.39 is 0 Å². The summed E-state index contributed by atoms with van der Waals surface area (Å²) in [5, 5.41) is 3.11. The van der Waals surface area contributed by atoms with Crippen molar-refractivity contribution in [3.8, 4) is 0 Å². The molecule has 1 N–H and O–H groups in total. The molecule has 0 heterocycles. The second kappa shape index (κ2) is 8.05. The molecule has 0 saturated carbocycles. The van der Waals surface area contributed by atoms with E-state index in [2.05, 4.69) is 23.0 Å². The van der Waals surface area contributed by atoms with Crippen LogP contribution in [-0.2, 0) is 0 Å². The summed E-state index contributed by atoms with van der Waals surface area (Å²) in [6, 6.07) is 0. The van der Waals surface area contributed by atoms with Crippen LogP contribution in [0.5, 0.6) is 0 Å². The van der Waals surface area contributed by atoms with Crippen LogP contribution in [0.15, 0.2) is 29.4 Å². The fraction of sp³-hybridized carbons (Fsp3) is 0.500. The Morgan fingerprint density at radius 2 is 2.25 bits per heavy atom. The molecule has 68 valence electrons. The summed E-state index contributed by atoms with van der Waals surface area (Å²) in [7, 11) is 1.92. The van der Waals surface area contributed by atoms with E-state index in [1.165, 1.54) is 5.70 Å². The van der Waals surface area contributed by atoms with Crippen molar-refractivity contribution in [2.45, 2.75) is 19.8 Å². The number of unbranched alkanes of at least 4 members (excludes halogenated alkanes) is 1. The number of rotatable bonds is 6. The average Bonchev–Trinajstić information content (AvgIpc) is 2.11. The van der Waals surface area contributed by atoms with E-state index in [0.29, 0.717) is 0 Å². The number of nitrogens with one attached hydrogen (secondary N) is 1. The summed E-state index contributed by atoms with van der Waals surface area (Å²) < 4.78 is 0. The van der Waals surface area contributed by atoms with Crippen LogP contribution in [0.25, 0.3) is 0 Å². The van der Waals surface area contributed by atoms with E-state index in [0.717, 1.165) is 19.4 Å². The maximum atomic E-state index is 4.14. The molecule has 0 rings (SSSR count). The Morgan fingerprint density at radius 1 is 1.50 bits per heavy atom. The zero-order valence-electron chi connectivity index (χ0n) is 8.01. The highest BCUT2D eigenvalue weighted by Crippen LogP contribution is 1.96. The Morgan fingerprint density at radius 3 is 2.75 bits per heavy atom. The minimum absolute atomic E-state index is 0.754. The molecule has 0 aromatic carbocycles. The molecule has 0 radical (unpaired) electrons. The highest BCUT2D eigenvalue weighted by atomic mass is 14.9. The van der Waals surface area contributed by atoms with Crippen LogP contribution < -0.4 is 5.32 Å².